The monoisotopic (exact) mass is 362 g/mol. The third-order valence-electron chi connectivity index (χ3n) is 5.10. The van der Waals surface area contributed by atoms with Gasteiger partial charge in [0, 0.05) is 25.7 Å². The first kappa shape index (κ1) is 17.3. The Kier molecular flexibility index (Phi) is 4.39. The SMILES string of the molecule is CCn1c(CN(C)C(=O)C2CC(=O)Nc3ccccc32)nc2ccccc21. The zero-order valence-electron chi connectivity index (χ0n) is 15.5. The molecule has 0 radical (unpaired) electrons. The Balaban J connectivity index is 1.62. The van der Waals surface area contributed by atoms with Crippen LogP contribution in [0.4, 0.5) is 5.69 Å². The van der Waals surface area contributed by atoms with Crippen molar-refractivity contribution in [1.29, 1.82) is 0 Å². The number of benzene rings is 2. The number of anilines is 1. The van der Waals surface area contributed by atoms with Gasteiger partial charge in [0.15, 0.2) is 0 Å². The molecule has 2 heterocycles. The number of hydrogen-bond donors (Lipinski definition) is 1. The van der Waals surface area contributed by atoms with E-state index in [4.69, 9.17) is 4.98 Å². The zero-order valence-corrected chi connectivity index (χ0v) is 15.5. The fourth-order valence-electron chi connectivity index (χ4n) is 3.79. The number of nitrogens with one attached hydrogen (secondary N) is 1. The van der Waals surface area contributed by atoms with Crippen molar-refractivity contribution in [2.24, 2.45) is 0 Å². The van der Waals surface area contributed by atoms with Crippen molar-refractivity contribution in [3.8, 4) is 0 Å². The molecule has 27 heavy (non-hydrogen) atoms. The van der Waals surface area contributed by atoms with Crippen LogP contribution in [0.15, 0.2) is 48.5 Å². The quantitative estimate of drug-likeness (QED) is 0.775. The summed E-state index contributed by atoms with van der Waals surface area (Å²) in [5.41, 5.74) is 3.59. The van der Waals surface area contributed by atoms with E-state index in [2.05, 4.69) is 16.8 Å². The molecule has 2 amide bonds. The third kappa shape index (κ3) is 3.07. The Labute approximate surface area is 157 Å². The van der Waals surface area contributed by atoms with Crippen LogP contribution in [-0.2, 0) is 22.7 Å². The van der Waals surface area contributed by atoms with E-state index in [-0.39, 0.29) is 18.2 Å². The number of aryl methyl sites for hydroxylation is 1. The lowest BCUT2D eigenvalue weighted by Gasteiger charge is -2.28. The Bertz CT molecular complexity index is 1020. The molecule has 0 fully saturated rings. The van der Waals surface area contributed by atoms with Crippen molar-refractivity contribution in [3.05, 3.63) is 59.9 Å². The summed E-state index contributed by atoms with van der Waals surface area (Å²) in [6.07, 6.45) is 0.171. The van der Waals surface area contributed by atoms with E-state index in [9.17, 15) is 9.59 Å². The molecule has 1 unspecified atom stereocenters. The lowest BCUT2D eigenvalue weighted by atomic mass is 9.89. The van der Waals surface area contributed by atoms with Gasteiger partial charge in [0.2, 0.25) is 11.8 Å². The van der Waals surface area contributed by atoms with Crippen molar-refractivity contribution in [2.75, 3.05) is 12.4 Å². The van der Waals surface area contributed by atoms with E-state index in [0.29, 0.717) is 6.54 Å². The average Bonchev–Trinajstić information content (AvgIpc) is 3.03. The third-order valence-corrected chi connectivity index (χ3v) is 5.10. The van der Waals surface area contributed by atoms with Crippen LogP contribution in [0.25, 0.3) is 11.0 Å². The number of para-hydroxylation sites is 3. The number of likely N-dealkylation sites (N-methyl/N-ethyl adjacent to an activating group) is 1. The topological polar surface area (TPSA) is 67.2 Å². The largest absolute Gasteiger partial charge is 0.338 e. The van der Waals surface area contributed by atoms with Gasteiger partial charge in [-0.25, -0.2) is 4.98 Å². The summed E-state index contributed by atoms with van der Waals surface area (Å²) in [4.78, 5) is 31.5. The molecule has 0 saturated heterocycles. The molecule has 3 aromatic rings. The van der Waals surface area contributed by atoms with Crippen LogP contribution in [0.1, 0.15) is 30.7 Å². The normalized spacial score (nSPS) is 16.1. The smallest absolute Gasteiger partial charge is 0.230 e. The minimum atomic E-state index is -0.459. The maximum Gasteiger partial charge on any atom is 0.230 e. The molecule has 1 aliphatic heterocycles. The van der Waals surface area contributed by atoms with E-state index in [0.717, 1.165) is 34.7 Å². The van der Waals surface area contributed by atoms with Gasteiger partial charge in [-0.1, -0.05) is 30.3 Å². The number of carbonyl (C=O) groups is 2. The number of amides is 2. The lowest BCUT2D eigenvalue weighted by molar-refractivity contribution is -0.134. The Morgan fingerprint density at radius 1 is 1.22 bits per heavy atom. The summed E-state index contributed by atoms with van der Waals surface area (Å²) in [5.74, 6) is 0.204. The molecule has 6 nitrogen and oxygen atoms in total. The van der Waals surface area contributed by atoms with Gasteiger partial charge in [0.05, 0.1) is 23.5 Å². The summed E-state index contributed by atoms with van der Waals surface area (Å²) < 4.78 is 2.13. The second-order valence-corrected chi connectivity index (χ2v) is 6.85. The number of nitrogens with zero attached hydrogens (tertiary/aromatic N) is 3. The van der Waals surface area contributed by atoms with Crippen LogP contribution >= 0.6 is 0 Å². The zero-order chi connectivity index (χ0) is 19.0. The minimum Gasteiger partial charge on any atom is -0.338 e. The highest BCUT2D eigenvalue weighted by molar-refractivity contribution is 6.01. The number of rotatable bonds is 4. The summed E-state index contributed by atoms with van der Waals surface area (Å²) >= 11 is 0. The predicted molar refractivity (Wildman–Crippen MR) is 104 cm³/mol. The van der Waals surface area contributed by atoms with Crippen molar-refractivity contribution in [3.63, 3.8) is 0 Å². The van der Waals surface area contributed by atoms with E-state index < -0.39 is 5.92 Å². The summed E-state index contributed by atoms with van der Waals surface area (Å²) in [7, 11) is 1.77. The highest BCUT2D eigenvalue weighted by Gasteiger charge is 2.32. The number of fused-ring (bicyclic) bond motifs is 2. The average molecular weight is 362 g/mol. The van der Waals surface area contributed by atoms with Crippen LogP contribution in [0.5, 0.6) is 0 Å². The summed E-state index contributed by atoms with van der Waals surface area (Å²) in [6.45, 7) is 3.26. The Morgan fingerprint density at radius 3 is 2.78 bits per heavy atom. The molecule has 1 atom stereocenters. The first-order valence-electron chi connectivity index (χ1n) is 9.16. The van der Waals surface area contributed by atoms with E-state index in [1.54, 1.807) is 11.9 Å². The van der Waals surface area contributed by atoms with Crippen molar-refractivity contribution < 1.29 is 9.59 Å². The highest BCUT2D eigenvalue weighted by atomic mass is 16.2. The molecular formula is C21H22N4O2. The van der Waals surface area contributed by atoms with Gasteiger partial charge in [0.1, 0.15) is 5.82 Å². The molecule has 1 aromatic heterocycles. The lowest BCUT2D eigenvalue weighted by Crippen LogP contribution is -2.36. The van der Waals surface area contributed by atoms with Crippen LogP contribution in [0.2, 0.25) is 0 Å². The molecular weight excluding hydrogens is 340 g/mol. The Morgan fingerprint density at radius 2 is 1.96 bits per heavy atom. The fraction of sp³-hybridized carbons (Fsp3) is 0.286. The highest BCUT2D eigenvalue weighted by Crippen LogP contribution is 2.33. The number of carbonyl (C=O) groups excluding carboxylic acids is 2. The van der Waals surface area contributed by atoms with Gasteiger partial charge in [-0.3, -0.25) is 9.59 Å². The predicted octanol–water partition coefficient (Wildman–Crippen LogP) is 3.14. The molecule has 0 saturated carbocycles. The van der Waals surface area contributed by atoms with Crippen molar-refractivity contribution in [2.45, 2.75) is 32.4 Å². The molecule has 4 rings (SSSR count). The molecule has 0 bridgehead atoms. The molecule has 1 N–H and O–H groups in total. The van der Waals surface area contributed by atoms with Crippen LogP contribution < -0.4 is 5.32 Å². The van der Waals surface area contributed by atoms with Gasteiger partial charge >= 0.3 is 0 Å². The number of imidazole rings is 1. The molecule has 138 valence electrons. The van der Waals surface area contributed by atoms with Gasteiger partial charge in [0.25, 0.3) is 0 Å². The minimum absolute atomic E-state index is 0.0630. The van der Waals surface area contributed by atoms with Crippen molar-refractivity contribution in [1.82, 2.24) is 14.5 Å². The standard InChI is InChI=1S/C21H22N4O2/c1-3-25-18-11-7-6-10-17(18)22-19(25)13-24(2)21(27)15-12-20(26)23-16-9-5-4-8-14(15)16/h4-11,15H,3,12-13H2,1-2H3,(H,23,26). The summed E-state index contributed by atoms with van der Waals surface area (Å²) in [5, 5.41) is 2.84. The van der Waals surface area contributed by atoms with E-state index in [1.165, 1.54) is 0 Å². The van der Waals surface area contributed by atoms with E-state index >= 15 is 0 Å². The molecule has 0 aliphatic carbocycles. The van der Waals surface area contributed by atoms with Crippen LogP contribution in [0, 0.1) is 0 Å². The first-order valence-corrected chi connectivity index (χ1v) is 9.16. The number of aromatic nitrogens is 2. The van der Waals surface area contributed by atoms with Crippen LogP contribution in [0.3, 0.4) is 0 Å². The first-order chi connectivity index (χ1) is 13.1. The summed E-state index contributed by atoms with van der Waals surface area (Å²) in [6, 6.07) is 15.5. The number of hydrogen-bond acceptors (Lipinski definition) is 3. The Hall–Kier alpha value is -3.15. The fourth-order valence-corrected chi connectivity index (χ4v) is 3.79. The van der Waals surface area contributed by atoms with Gasteiger partial charge < -0.3 is 14.8 Å². The maximum absolute atomic E-state index is 13.1. The van der Waals surface area contributed by atoms with Crippen LogP contribution in [-0.4, -0.2) is 33.3 Å². The second-order valence-electron chi connectivity index (χ2n) is 6.85. The van der Waals surface area contributed by atoms with E-state index in [1.807, 2.05) is 48.5 Å². The van der Waals surface area contributed by atoms with Crippen molar-refractivity contribution >= 4 is 28.5 Å². The maximum atomic E-state index is 13.1. The molecule has 1 aliphatic rings. The molecule has 6 heteroatoms. The molecule has 2 aromatic carbocycles. The van der Waals surface area contributed by atoms with Gasteiger partial charge in [-0.15, -0.1) is 0 Å². The second kappa shape index (κ2) is 6.87. The molecule has 0 spiro atoms. The van der Waals surface area contributed by atoms with Gasteiger partial charge in [-0.2, -0.15) is 0 Å². The van der Waals surface area contributed by atoms with Gasteiger partial charge in [-0.05, 0) is 30.7 Å².